The standard InChI is InChI=1S/C16H19F4NO2/c17-14-5-4-10(6-12(14)9-22)8-21-15(23)11-2-1-3-13(7-11)16(18,19)20/h4-6,11,13,22H,1-3,7-9H2,(H,21,23). The second-order valence-corrected chi connectivity index (χ2v) is 5.90. The number of carbonyl (C=O) groups excluding carboxylic acids is 1. The molecule has 1 fully saturated rings. The van der Waals surface area contributed by atoms with Crippen molar-refractivity contribution < 1.29 is 27.5 Å². The third-order valence-electron chi connectivity index (χ3n) is 4.26. The molecule has 7 heteroatoms. The van der Waals surface area contributed by atoms with E-state index in [1.807, 2.05) is 0 Å². The molecule has 2 unspecified atom stereocenters. The van der Waals surface area contributed by atoms with Crippen LogP contribution in [0.25, 0.3) is 0 Å². The summed E-state index contributed by atoms with van der Waals surface area (Å²) in [4.78, 5) is 12.1. The summed E-state index contributed by atoms with van der Waals surface area (Å²) in [5.74, 6) is -3.01. The predicted octanol–water partition coefficient (Wildman–Crippen LogP) is 3.30. The third-order valence-corrected chi connectivity index (χ3v) is 4.26. The monoisotopic (exact) mass is 333 g/mol. The topological polar surface area (TPSA) is 49.3 Å². The maximum absolute atomic E-state index is 13.3. The van der Waals surface area contributed by atoms with Crippen molar-refractivity contribution in [3.63, 3.8) is 0 Å². The smallest absolute Gasteiger partial charge is 0.391 e. The van der Waals surface area contributed by atoms with Gasteiger partial charge in [0.15, 0.2) is 0 Å². The quantitative estimate of drug-likeness (QED) is 0.831. The number of benzene rings is 1. The van der Waals surface area contributed by atoms with Crippen LogP contribution in [0.4, 0.5) is 17.6 Å². The van der Waals surface area contributed by atoms with Gasteiger partial charge in [-0.25, -0.2) is 4.39 Å². The molecule has 2 rings (SSSR count). The number of hydrogen-bond donors (Lipinski definition) is 2. The summed E-state index contributed by atoms with van der Waals surface area (Å²) in [6, 6.07) is 4.08. The van der Waals surface area contributed by atoms with Gasteiger partial charge in [0.1, 0.15) is 5.82 Å². The molecular formula is C16H19F4NO2. The number of aliphatic hydroxyl groups is 1. The van der Waals surface area contributed by atoms with Crippen molar-refractivity contribution in [3.05, 3.63) is 35.1 Å². The van der Waals surface area contributed by atoms with Crippen molar-refractivity contribution in [3.8, 4) is 0 Å². The van der Waals surface area contributed by atoms with Crippen LogP contribution in [0, 0.1) is 17.7 Å². The molecule has 1 aliphatic rings. The number of halogens is 4. The van der Waals surface area contributed by atoms with E-state index in [-0.39, 0.29) is 24.9 Å². The van der Waals surface area contributed by atoms with Crippen LogP contribution >= 0.6 is 0 Å². The Morgan fingerprint density at radius 3 is 2.70 bits per heavy atom. The van der Waals surface area contributed by atoms with Crippen molar-refractivity contribution in [2.45, 2.75) is 45.0 Å². The molecule has 0 aliphatic heterocycles. The minimum Gasteiger partial charge on any atom is -0.392 e. The van der Waals surface area contributed by atoms with E-state index in [0.29, 0.717) is 18.4 Å². The first kappa shape index (κ1) is 17.7. The molecule has 1 aromatic rings. The van der Waals surface area contributed by atoms with Gasteiger partial charge in [0.05, 0.1) is 12.5 Å². The first-order chi connectivity index (χ1) is 10.8. The van der Waals surface area contributed by atoms with Crippen molar-refractivity contribution in [2.24, 2.45) is 11.8 Å². The molecule has 1 aliphatic carbocycles. The highest BCUT2D eigenvalue weighted by Crippen LogP contribution is 2.39. The zero-order valence-electron chi connectivity index (χ0n) is 12.5. The van der Waals surface area contributed by atoms with Gasteiger partial charge in [0.2, 0.25) is 5.91 Å². The Morgan fingerprint density at radius 1 is 1.30 bits per heavy atom. The SMILES string of the molecule is O=C(NCc1ccc(F)c(CO)c1)C1CCCC(C(F)(F)F)C1. The number of aliphatic hydroxyl groups excluding tert-OH is 1. The fraction of sp³-hybridized carbons (Fsp3) is 0.562. The zero-order chi connectivity index (χ0) is 17.0. The molecule has 0 spiro atoms. The lowest BCUT2D eigenvalue weighted by molar-refractivity contribution is -0.186. The van der Waals surface area contributed by atoms with Crippen molar-refractivity contribution in [1.82, 2.24) is 5.32 Å². The van der Waals surface area contributed by atoms with E-state index in [4.69, 9.17) is 5.11 Å². The zero-order valence-corrected chi connectivity index (χ0v) is 12.5. The van der Waals surface area contributed by atoms with E-state index in [9.17, 15) is 22.4 Å². The lowest BCUT2D eigenvalue weighted by Gasteiger charge is -2.29. The maximum atomic E-state index is 13.3. The molecule has 0 saturated heterocycles. The van der Waals surface area contributed by atoms with Gasteiger partial charge < -0.3 is 10.4 Å². The van der Waals surface area contributed by atoms with Gasteiger partial charge in [-0.2, -0.15) is 13.2 Å². The molecule has 128 valence electrons. The van der Waals surface area contributed by atoms with Gasteiger partial charge in [-0.05, 0) is 37.0 Å². The van der Waals surface area contributed by atoms with Crippen LogP contribution in [0.2, 0.25) is 0 Å². The summed E-state index contributed by atoms with van der Waals surface area (Å²) in [5, 5.41) is 11.6. The number of hydrogen-bond acceptors (Lipinski definition) is 2. The minimum atomic E-state index is -4.26. The van der Waals surface area contributed by atoms with E-state index in [0.717, 1.165) is 0 Å². The molecule has 0 radical (unpaired) electrons. The number of amides is 1. The summed E-state index contributed by atoms with van der Waals surface area (Å²) < 4.78 is 51.5. The summed E-state index contributed by atoms with van der Waals surface area (Å²) >= 11 is 0. The molecule has 0 heterocycles. The van der Waals surface area contributed by atoms with E-state index in [1.54, 1.807) is 0 Å². The highest BCUT2D eigenvalue weighted by Gasteiger charge is 2.43. The lowest BCUT2D eigenvalue weighted by Crippen LogP contribution is -2.37. The first-order valence-electron chi connectivity index (χ1n) is 7.54. The first-order valence-corrected chi connectivity index (χ1v) is 7.54. The predicted molar refractivity (Wildman–Crippen MR) is 75.7 cm³/mol. The summed E-state index contributed by atoms with van der Waals surface area (Å²) in [7, 11) is 0. The lowest BCUT2D eigenvalue weighted by atomic mass is 9.80. The van der Waals surface area contributed by atoms with Gasteiger partial charge >= 0.3 is 6.18 Å². The molecule has 1 aromatic carbocycles. The minimum absolute atomic E-state index is 0.0745. The van der Waals surface area contributed by atoms with E-state index in [2.05, 4.69) is 5.32 Å². The van der Waals surface area contributed by atoms with E-state index >= 15 is 0 Å². The number of rotatable bonds is 4. The number of nitrogens with one attached hydrogen (secondary N) is 1. The van der Waals surface area contributed by atoms with Crippen LogP contribution in [-0.4, -0.2) is 17.2 Å². The molecule has 2 N–H and O–H groups in total. The number of alkyl halides is 3. The maximum Gasteiger partial charge on any atom is 0.391 e. The molecule has 2 atom stereocenters. The van der Waals surface area contributed by atoms with Crippen LogP contribution < -0.4 is 5.32 Å². The Kier molecular flexibility index (Phi) is 5.62. The molecule has 1 saturated carbocycles. The van der Waals surface area contributed by atoms with Crippen molar-refractivity contribution in [1.29, 1.82) is 0 Å². The highest BCUT2D eigenvalue weighted by molar-refractivity contribution is 5.78. The number of carbonyl (C=O) groups is 1. The van der Waals surface area contributed by atoms with E-state index in [1.165, 1.54) is 18.2 Å². The fourth-order valence-electron chi connectivity index (χ4n) is 2.92. The van der Waals surface area contributed by atoms with Gasteiger partial charge in [-0.3, -0.25) is 4.79 Å². The average Bonchev–Trinajstić information content (AvgIpc) is 2.53. The Bertz CT molecular complexity index is 560. The van der Waals surface area contributed by atoms with Crippen molar-refractivity contribution in [2.75, 3.05) is 0 Å². The molecular weight excluding hydrogens is 314 g/mol. The molecule has 0 aromatic heterocycles. The van der Waals surface area contributed by atoms with Gasteiger partial charge in [-0.1, -0.05) is 12.5 Å². The van der Waals surface area contributed by atoms with Crippen LogP contribution in [0.15, 0.2) is 18.2 Å². The summed E-state index contributed by atoms with van der Waals surface area (Å²) in [5.41, 5.74) is 0.707. The fourth-order valence-corrected chi connectivity index (χ4v) is 2.92. The molecule has 0 bridgehead atoms. The molecule has 23 heavy (non-hydrogen) atoms. The summed E-state index contributed by atoms with van der Waals surface area (Å²) in [6.45, 7) is -0.358. The normalized spacial score (nSPS) is 22.0. The van der Waals surface area contributed by atoms with Crippen LogP contribution in [-0.2, 0) is 17.9 Å². The van der Waals surface area contributed by atoms with Crippen LogP contribution in [0.1, 0.15) is 36.8 Å². The van der Waals surface area contributed by atoms with Crippen molar-refractivity contribution >= 4 is 5.91 Å². The Hall–Kier alpha value is -1.63. The Balaban J connectivity index is 1.92. The second kappa shape index (κ2) is 7.29. The van der Waals surface area contributed by atoms with Gasteiger partial charge in [0, 0.05) is 18.0 Å². The van der Waals surface area contributed by atoms with Gasteiger partial charge in [-0.15, -0.1) is 0 Å². The Morgan fingerprint density at radius 2 is 2.04 bits per heavy atom. The Labute approximate surface area is 131 Å². The average molecular weight is 333 g/mol. The molecule has 3 nitrogen and oxygen atoms in total. The third kappa shape index (κ3) is 4.67. The molecule has 1 amide bonds. The van der Waals surface area contributed by atoms with Crippen LogP contribution in [0.5, 0.6) is 0 Å². The largest absolute Gasteiger partial charge is 0.392 e. The second-order valence-electron chi connectivity index (χ2n) is 5.90. The summed E-state index contributed by atoms with van der Waals surface area (Å²) in [6.07, 6.45) is -3.53. The van der Waals surface area contributed by atoms with Gasteiger partial charge in [0.25, 0.3) is 0 Å². The van der Waals surface area contributed by atoms with E-state index < -0.39 is 36.3 Å². The van der Waals surface area contributed by atoms with Crippen LogP contribution in [0.3, 0.4) is 0 Å². The highest BCUT2D eigenvalue weighted by atomic mass is 19.4.